The molecule has 1 aromatic heterocycles. The van der Waals surface area contributed by atoms with Gasteiger partial charge in [-0.1, -0.05) is 37.1 Å². The van der Waals surface area contributed by atoms with Crippen molar-refractivity contribution in [3.8, 4) is 0 Å². The van der Waals surface area contributed by atoms with Crippen LogP contribution in [0.25, 0.3) is 0 Å². The van der Waals surface area contributed by atoms with Crippen molar-refractivity contribution in [2.75, 3.05) is 11.9 Å². The van der Waals surface area contributed by atoms with Gasteiger partial charge in [0.15, 0.2) is 0 Å². The lowest BCUT2D eigenvalue weighted by molar-refractivity contribution is -0.136. The molecule has 2 N–H and O–H groups in total. The molecule has 1 aliphatic carbocycles. The van der Waals surface area contributed by atoms with Gasteiger partial charge in [-0.05, 0) is 36.4 Å². The zero-order chi connectivity index (χ0) is 16.1. The molecule has 1 fully saturated rings. The largest absolute Gasteiger partial charge is 0.347 e. The van der Waals surface area contributed by atoms with Crippen LogP contribution in [0.5, 0.6) is 0 Å². The van der Waals surface area contributed by atoms with Gasteiger partial charge in [0.2, 0.25) is 0 Å². The number of carbonyl (C=O) groups excluding carboxylic acids is 2. The summed E-state index contributed by atoms with van der Waals surface area (Å²) in [6.45, 7) is 0.522. The molecule has 0 radical (unpaired) electrons. The summed E-state index contributed by atoms with van der Waals surface area (Å²) in [7, 11) is 0. The van der Waals surface area contributed by atoms with Crippen LogP contribution in [-0.2, 0) is 15.0 Å². The summed E-state index contributed by atoms with van der Waals surface area (Å²) in [5.74, 6) is -1.19. The smallest absolute Gasteiger partial charge is 0.313 e. The summed E-state index contributed by atoms with van der Waals surface area (Å²) >= 11 is 1.73. The van der Waals surface area contributed by atoms with E-state index >= 15 is 0 Å². The monoisotopic (exact) mass is 328 g/mol. The van der Waals surface area contributed by atoms with Crippen LogP contribution in [0.1, 0.15) is 30.6 Å². The molecular formula is C18H20N2O2S. The molecule has 23 heavy (non-hydrogen) atoms. The number of carbonyl (C=O) groups is 2. The van der Waals surface area contributed by atoms with Gasteiger partial charge < -0.3 is 10.6 Å². The summed E-state index contributed by atoms with van der Waals surface area (Å²) in [6, 6.07) is 13.2. The van der Waals surface area contributed by atoms with Crippen molar-refractivity contribution in [3.05, 3.63) is 52.7 Å². The van der Waals surface area contributed by atoms with Crippen molar-refractivity contribution >= 4 is 28.8 Å². The van der Waals surface area contributed by atoms with Crippen LogP contribution in [-0.4, -0.2) is 18.4 Å². The first kappa shape index (κ1) is 15.7. The number of rotatable bonds is 4. The average Bonchev–Trinajstić information content (AvgIpc) is 3.25. The van der Waals surface area contributed by atoms with E-state index in [1.807, 2.05) is 24.3 Å². The van der Waals surface area contributed by atoms with Crippen LogP contribution >= 0.6 is 11.3 Å². The van der Waals surface area contributed by atoms with Gasteiger partial charge in [0.05, 0.1) is 0 Å². The molecule has 120 valence electrons. The molecule has 0 unspecified atom stereocenters. The fourth-order valence-electron chi connectivity index (χ4n) is 3.18. The second kappa shape index (κ2) is 6.96. The Morgan fingerprint density at radius 2 is 1.74 bits per heavy atom. The van der Waals surface area contributed by atoms with Crippen LogP contribution < -0.4 is 10.6 Å². The topological polar surface area (TPSA) is 58.2 Å². The van der Waals surface area contributed by atoms with E-state index in [-0.39, 0.29) is 5.41 Å². The Bertz CT molecular complexity index is 662. The van der Waals surface area contributed by atoms with Gasteiger partial charge in [0.1, 0.15) is 0 Å². The summed E-state index contributed by atoms with van der Waals surface area (Å²) in [6.07, 6.45) is 4.47. The minimum atomic E-state index is -0.615. The molecule has 0 aliphatic heterocycles. The predicted molar refractivity (Wildman–Crippen MR) is 92.5 cm³/mol. The molecule has 0 spiro atoms. The Morgan fingerprint density at radius 3 is 2.39 bits per heavy atom. The van der Waals surface area contributed by atoms with Crippen molar-refractivity contribution in [1.82, 2.24) is 5.32 Å². The molecule has 0 bridgehead atoms. The van der Waals surface area contributed by atoms with Gasteiger partial charge in [-0.15, -0.1) is 11.3 Å². The lowest BCUT2D eigenvalue weighted by Gasteiger charge is -2.28. The standard InChI is InChI=1S/C18H20N2O2S/c21-16(17(22)20-14-7-2-1-3-8-14)19-13-18(10-4-5-11-18)15-9-6-12-23-15/h1-3,6-9,12H,4-5,10-11,13H2,(H,19,21)(H,20,22). The average molecular weight is 328 g/mol. The molecule has 1 aromatic carbocycles. The van der Waals surface area contributed by atoms with Gasteiger partial charge in [-0.2, -0.15) is 0 Å². The third-order valence-corrected chi connectivity index (χ3v) is 5.55. The minimum Gasteiger partial charge on any atom is -0.347 e. The van der Waals surface area contributed by atoms with Crippen LogP contribution in [0, 0.1) is 0 Å². The van der Waals surface area contributed by atoms with Crippen LogP contribution in [0.3, 0.4) is 0 Å². The molecule has 1 saturated carbocycles. The highest BCUT2D eigenvalue weighted by Crippen LogP contribution is 2.42. The fourth-order valence-corrected chi connectivity index (χ4v) is 4.17. The van der Waals surface area contributed by atoms with E-state index < -0.39 is 11.8 Å². The van der Waals surface area contributed by atoms with Crippen molar-refractivity contribution in [2.24, 2.45) is 0 Å². The SMILES string of the molecule is O=C(NCC1(c2cccs2)CCCC1)C(=O)Nc1ccccc1. The number of benzene rings is 1. The highest BCUT2D eigenvalue weighted by molar-refractivity contribution is 7.10. The Kier molecular flexibility index (Phi) is 4.76. The van der Waals surface area contributed by atoms with E-state index in [9.17, 15) is 9.59 Å². The zero-order valence-corrected chi connectivity index (χ0v) is 13.7. The lowest BCUT2D eigenvalue weighted by Crippen LogP contribution is -2.43. The molecular weight excluding hydrogens is 308 g/mol. The van der Waals surface area contributed by atoms with E-state index in [1.165, 1.54) is 17.7 Å². The van der Waals surface area contributed by atoms with Crippen LogP contribution in [0.4, 0.5) is 5.69 Å². The molecule has 1 aliphatic rings. The third-order valence-electron chi connectivity index (χ3n) is 4.43. The highest BCUT2D eigenvalue weighted by atomic mass is 32.1. The molecule has 0 atom stereocenters. The first-order chi connectivity index (χ1) is 11.2. The maximum Gasteiger partial charge on any atom is 0.313 e. The molecule has 5 heteroatoms. The lowest BCUT2D eigenvalue weighted by atomic mass is 9.84. The normalized spacial score (nSPS) is 16.0. The summed E-state index contributed by atoms with van der Waals surface area (Å²) in [5.41, 5.74) is 0.623. The first-order valence-electron chi connectivity index (χ1n) is 7.88. The quantitative estimate of drug-likeness (QED) is 0.846. The summed E-state index contributed by atoms with van der Waals surface area (Å²) in [5, 5.41) is 7.51. The second-order valence-electron chi connectivity index (χ2n) is 5.97. The third kappa shape index (κ3) is 3.62. The number of amides is 2. The van der Waals surface area contributed by atoms with Gasteiger partial charge in [-0.3, -0.25) is 9.59 Å². The number of anilines is 1. The maximum atomic E-state index is 12.1. The number of hydrogen-bond donors (Lipinski definition) is 2. The van der Waals surface area contributed by atoms with Crippen molar-refractivity contribution in [2.45, 2.75) is 31.1 Å². The zero-order valence-electron chi connectivity index (χ0n) is 12.9. The van der Waals surface area contributed by atoms with E-state index in [2.05, 4.69) is 22.1 Å². The minimum absolute atomic E-state index is 0.00312. The number of hydrogen-bond acceptors (Lipinski definition) is 3. The Hall–Kier alpha value is -2.14. The van der Waals surface area contributed by atoms with Gasteiger partial charge >= 0.3 is 11.8 Å². The maximum absolute atomic E-state index is 12.1. The van der Waals surface area contributed by atoms with Crippen LogP contribution in [0.2, 0.25) is 0 Å². The van der Waals surface area contributed by atoms with E-state index in [0.29, 0.717) is 12.2 Å². The Balaban J connectivity index is 1.60. The van der Waals surface area contributed by atoms with Gasteiger partial charge in [0, 0.05) is 22.5 Å². The van der Waals surface area contributed by atoms with E-state index in [1.54, 1.807) is 23.5 Å². The molecule has 4 nitrogen and oxygen atoms in total. The molecule has 3 rings (SSSR count). The molecule has 2 amide bonds. The summed E-state index contributed by atoms with van der Waals surface area (Å²) < 4.78 is 0. The second-order valence-corrected chi connectivity index (χ2v) is 6.92. The van der Waals surface area contributed by atoms with Gasteiger partial charge in [0.25, 0.3) is 0 Å². The van der Waals surface area contributed by atoms with E-state index in [0.717, 1.165) is 12.8 Å². The Morgan fingerprint density at radius 1 is 1.00 bits per heavy atom. The molecule has 1 heterocycles. The fraction of sp³-hybridized carbons (Fsp3) is 0.333. The summed E-state index contributed by atoms with van der Waals surface area (Å²) in [4.78, 5) is 25.4. The predicted octanol–water partition coefficient (Wildman–Crippen LogP) is 3.31. The Labute approximate surface area is 139 Å². The highest BCUT2D eigenvalue weighted by Gasteiger charge is 2.37. The van der Waals surface area contributed by atoms with Gasteiger partial charge in [-0.25, -0.2) is 0 Å². The number of nitrogens with one attached hydrogen (secondary N) is 2. The van der Waals surface area contributed by atoms with Crippen molar-refractivity contribution in [3.63, 3.8) is 0 Å². The number of para-hydroxylation sites is 1. The van der Waals surface area contributed by atoms with E-state index in [4.69, 9.17) is 0 Å². The number of thiophene rings is 1. The van der Waals surface area contributed by atoms with Crippen molar-refractivity contribution in [1.29, 1.82) is 0 Å². The van der Waals surface area contributed by atoms with Crippen molar-refractivity contribution < 1.29 is 9.59 Å². The molecule has 0 saturated heterocycles. The van der Waals surface area contributed by atoms with Crippen LogP contribution in [0.15, 0.2) is 47.8 Å². The molecule has 2 aromatic rings. The first-order valence-corrected chi connectivity index (χ1v) is 8.76.